The lowest BCUT2D eigenvalue weighted by atomic mass is 9.87. The molecule has 0 aliphatic carbocycles. The SMILES string of the molecule is CCOc1ccc(NC(=O)[C@H](C)[C@@H](Cc2ccc(C)cc2)C(=O)O)cc1. The van der Waals surface area contributed by atoms with Crippen molar-refractivity contribution in [2.24, 2.45) is 11.8 Å². The van der Waals surface area contributed by atoms with Crippen molar-refractivity contribution < 1.29 is 19.4 Å². The summed E-state index contributed by atoms with van der Waals surface area (Å²) in [6, 6.07) is 14.7. The second-order valence-electron chi connectivity index (χ2n) is 6.37. The molecule has 1 amide bonds. The first-order valence-electron chi connectivity index (χ1n) is 8.72. The maximum absolute atomic E-state index is 12.5. The van der Waals surface area contributed by atoms with Gasteiger partial charge < -0.3 is 15.2 Å². The van der Waals surface area contributed by atoms with Crippen LogP contribution in [0.3, 0.4) is 0 Å². The summed E-state index contributed by atoms with van der Waals surface area (Å²) in [6.45, 7) is 6.10. The minimum absolute atomic E-state index is 0.311. The lowest BCUT2D eigenvalue weighted by molar-refractivity contribution is -0.145. The molecule has 0 unspecified atom stereocenters. The number of aryl methyl sites for hydroxylation is 1. The third-order valence-electron chi connectivity index (χ3n) is 4.34. The van der Waals surface area contributed by atoms with Crippen LogP contribution in [-0.2, 0) is 16.0 Å². The van der Waals surface area contributed by atoms with Gasteiger partial charge in [0, 0.05) is 11.6 Å². The number of amides is 1. The quantitative estimate of drug-likeness (QED) is 0.753. The summed E-state index contributed by atoms with van der Waals surface area (Å²) >= 11 is 0. The van der Waals surface area contributed by atoms with Gasteiger partial charge >= 0.3 is 5.97 Å². The van der Waals surface area contributed by atoms with Gasteiger partial charge in [0.15, 0.2) is 0 Å². The molecule has 0 saturated carbocycles. The van der Waals surface area contributed by atoms with E-state index >= 15 is 0 Å². The van der Waals surface area contributed by atoms with Crippen LogP contribution < -0.4 is 10.1 Å². The van der Waals surface area contributed by atoms with Crippen LogP contribution in [0.25, 0.3) is 0 Å². The highest BCUT2D eigenvalue weighted by atomic mass is 16.5. The molecule has 2 rings (SSSR count). The Balaban J connectivity index is 2.04. The van der Waals surface area contributed by atoms with Gasteiger partial charge in [0.1, 0.15) is 5.75 Å². The molecule has 2 aromatic carbocycles. The fourth-order valence-corrected chi connectivity index (χ4v) is 2.70. The van der Waals surface area contributed by atoms with Crippen LogP contribution in [0.2, 0.25) is 0 Å². The summed E-state index contributed by atoms with van der Waals surface area (Å²) in [5.74, 6) is -2.02. The molecule has 0 spiro atoms. The van der Waals surface area contributed by atoms with Crippen LogP contribution in [0.1, 0.15) is 25.0 Å². The molecule has 138 valence electrons. The van der Waals surface area contributed by atoms with Gasteiger partial charge in [-0.1, -0.05) is 36.8 Å². The summed E-state index contributed by atoms with van der Waals surface area (Å²) in [4.78, 5) is 24.2. The Morgan fingerprint density at radius 1 is 1.08 bits per heavy atom. The minimum atomic E-state index is -0.972. The van der Waals surface area contributed by atoms with Crippen LogP contribution in [0.5, 0.6) is 5.75 Å². The van der Waals surface area contributed by atoms with E-state index in [1.54, 1.807) is 31.2 Å². The molecule has 0 saturated heterocycles. The Kier molecular flexibility index (Phi) is 6.78. The van der Waals surface area contributed by atoms with E-state index in [1.807, 2.05) is 38.1 Å². The van der Waals surface area contributed by atoms with E-state index in [9.17, 15) is 14.7 Å². The van der Waals surface area contributed by atoms with Crippen LogP contribution in [0, 0.1) is 18.8 Å². The molecule has 2 N–H and O–H groups in total. The number of carboxylic acids is 1. The number of hydrogen-bond acceptors (Lipinski definition) is 3. The van der Waals surface area contributed by atoms with Gasteiger partial charge in [-0.15, -0.1) is 0 Å². The average molecular weight is 355 g/mol. The van der Waals surface area contributed by atoms with E-state index in [1.165, 1.54) is 0 Å². The number of hydrogen-bond donors (Lipinski definition) is 2. The molecule has 5 heteroatoms. The van der Waals surface area contributed by atoms with E-state index in [-0.39, 0.29) is 5.91 Å². The Bertz CT molecular complexity index is 738. The number of carbonyl (C=O) groups excluding carboxylic acids is 1. The third-order valence-corrected chi connectivity index (χ3v) is 4.34. The first-order valence-corrected chi connectivity index (χ1v) is 8.72. The molecule has 0 fully saturated rings. The second kappa shape index (κ2) is 9.04. The predicted octanol–water partition coefficient (Wildman–Crippen LogP) is 3.91. The first-order chi connectivity index (χ1) is 12.4. The normalized spacial score (nSPS) is 12.9. The van der Waals surface area contributed by atoms with Crippen LogP contribution >= 0.6 is 0 Å². The van der Waals surface area contributed by atoms with E-state index in [2.05, 4.69) is 5.32 Å². The van der Waals surface area contributed by atoms with Gasteiger partial charge in [0.25, 0.3) is 0 Å². The molecular formula is C21H25NO4. The Hall–Kier alpha value is -2.82. The van der Waals surface area contributed by atoms with Crippen molar-refractivity contribution >= 4 is 17.6 Å². The van der Waals surface area contributed by atoms with Crippen molar-refractivity contribution in [1.82, 2.24) is 0 Å². The summed E-state index contributed by atoms with van der Waals surface area (Å²) in [7, 11) is 0. The number of carbonyl (C=O) groups is 2. The predicted molar refractivity (Wildman–Crippen MR) is 101 cm³/mol. The molecule has 0 bridgehead atoms. The first kappa shape index (κ1) is 19.5. The highest BCUT2D eigenvalue weighted by Crippen LogP contribution is 2.22. The highest BCUT2D eigenvalue weighted by molar-refractivity contribution is 5.94. The summed E-state index contributed by atoms with van der Waals surface area (Å²) in [5, 5.41) is 12.4. The number of nitrogens with one attached hydrogen (secondary N) is 1. The number of carboxylic acid groups (broad SMARTS) is 1. The Labute approximate surface area is 154 Å². The van der Waals surface area contributed by atoms with E-state index in [0.29, 0.717) is 18.7 Å². The zero-order chi connectivity index (χ0) is 19.1. The monoisotopic (exact) mass is 355 g/mol. The van der Waals surface area contributed by atoms with Crippen molar-refractivity contribution in [2.45, 2.75) is 27.2 Å². The van der Waals surface area contributed by atoms with E-state index < -0.39 is 17.8 Å². The number of benzene rings is 2. The van der Waals surface area contributed by atoms with Gasteiger partial charge in [-0.2, -0.15) is 0 Å². The lowest BCUT2D eigenvalue weighted by Gasteiger charge is -2.20. The van der Waals surface area contributed by atoms with Crippen molar-refractivity contribution in [3.05, 3.63) is 59.7 Å². The van der Waals surface area contributed by atoms with Gasteiger partial charge in [-0.25, -0.2) is 0 Å². The molecule has 0 aromatic heterocycles. The smallest absolute Gasteiger partial charge is 0.307 e. The maximum atomic E-state index is 12.5. The molecule has 0 heterocycles. The number of aliphatic carboxylic acids is 1. The molecule has 2 aromatic rings. The molecule has 2 atom stereocenters. The van der Waals surface area contributed by atoms with Gasteiger partial charge in [0.05, 0.1) is 12.5 Å². The van der Waals surface area contributed by atoms with Crippen LogP contribution in [-0.4, -0.2) is 23.6 Å². The fraction of sp³-hybridized carbons (Fsp3) is 0.333. The standard InChI is InChI=1S/C21H25NO4/c1-4-26-18-11-9-17(10-12-18)22-20(23)15(3)19(21(24)25)13-16-7-5-14(2)6-8-16/h5-12,15,19H,4,13H2,1-3H3,(H,22,23)(H,24,25)/t15-,19-/m1/s1. The zero-order valence-electron chi connectivity index (χ0n) is 15.4. The Morgan fingerprint density at radius 3 is 2.23 bits per heavy atom. The van der Waals surface area contributed by atoms with Crippen molar-refractivity contribution in [3.63, 3.8) is 0 Å². The molecule has 0 aliphatic heterocycles. The van der Waals surface area contributed by atoms with Gasteiger partial charge in [-0.05, 0) is 50.1 Å². The average Bonchev–Trinajstić information content (AvgIpc) is 2.62. The topological polar surface area (TPSA) is 75.6 Å². The number of ether oxygens (including phenoxy) is 1. The van der Waals surface area contributed by atoms with Crippen molar-refractivity contribution in [1.29, 1.82) is 0 Å². The summed E-state index contributed by atoms with van der Waals surface area (Å²) in [5.41, 5.74) is 2.63. The molecule has 0 radical (unpaired) electrons. The largest absolute Gasteiger partial charge is 0.494 e. The maximum Gasteiger partial charge on any atom is 0.307 e. The van der Waals surface area contributed by atoms with E-state index in [4.69, 9.17) is 4.74 Å². The number of anilines is 1. The zero-order valence-corrected chi connectivity index (χ0v) is 15.4. The Morgan fingerprint density at radius 2 is 1.69 bits per heavy atom. The summed E-state index contributed by atoms with van der Waals surface area (Å²) < 4.78 is 5.37. The second-order valence-corrected chi connectivity index (χ2v) is 6.37. The highest BCUT2D eigenvalue weighted by Gasteiger charge is 2.30. The van der Waals surface area contributed by atoms with Crippen molar-refractivity contribution in [3.8, 4) is 5.75 Å². The molecule has 0 aliphatic rings. The molecule has 26 heavy (non-hydrogen) atoms. The molecular weight excluding hydrogens is 330 g/mol. The van der Waals surface area contributed by atoms with Crippen LogP contribution in [0.15, 0.2) is 48.5 Å². The summed E-state index contributed by atoms with van der Waals surface area (Å²) in [6.07, 6.45) is 0.313. The van der Waals surface area contributed by atoms with E-state index in [0.717, 1.165) is 16.9 Å². The lowest BCUT2D eigenvalue weighted by Crippen LogP contribution is -2.33. The number of rotatable bonds is 8. The third kappa shape index (κ3) is 5.34. The van der Waals surface area contributed by atoms with Gasteiger partial charge in [-0.3, -0.25) is 9.59 Å². The van der Waals surface area contributed by atoms with Gasteiger partial charge in [0.2, 0.25) is 5.91 Å². The molecule has 5 nitrogen and oxygen atoms in total. The fourth-order valence-electron chi connectivity index (χ4n) is 2.70. The van der Waals surface area contributed by atoms with Crippen LogP contribution in [0.4, 0.5) is 5.69 Å². The minimum Gasteiger partial charge on any atom is -0.494 e. The van der Waals surface area contributed by atoms with Crippen molar-refractivity contribution in [2.75, 3.05) is 11.9 Å².